The minimum absolute atomic E-state index is 0.114. The van der Waals surface area contributed by atoms with Crippen molar-refractivity contribution >= 4 is 35.1 Å². The van der Waals surface area contributed by atoms with Crippen LogP contribution in [0.4, 0.5) is 5.82 Å². The molecule has 2 aromatic heterocycles. The molecule has 1 N–H and O–H groups in total. The molecule has 3 rings (SSSR count). The molecule has 0 aliphatic carbocycles. The van der Waals surface area contributed by atoms with Gasteiger partial charge in [0.1, 0.15) is 30.6 Å². The molecule has 174 valence electrons. The second-order valence-corrected chi connectivity index (χ2v) is 7.22. The summed E-state index contributed by atoms with van der Waals surface area (Å²) in [5, 5.41) is 16.9. The summed E-state index contributed by atoms with van der Waals surface area (Å²) in [4.78, 5) is 50.6. The van der Waals surface area contributed by atoms with Gasteiger partial charge in [0.2, 0.25) is 11.5 Å². The van der Waals surface area contributed by atoms with Crippen LogP contribution in [0.25, 0.3) is 5.52 Å². The summed E-state index contributed by atoms with van der Waals surface area (Å²) in [5.41, 5.74) is -1.57. The van der Waals surface area contributed by atoms with Crippen molar-refractivity contribution < 1.29 is 38.1 Å². The quantitative estimate of drug-likeness (QED) is 0.463. The first-order chi connectivity index (χ1) is 15.6. The van der Waals surface area contributed by atoms with Crippen LogP contribution in [0.2, 0.25) is 0 Å². The lowest BCUT2D eigenvalue weighted by Crippen LogP contribution is -2.45. The first-order valence-electron chi connectivity index (χ1n) is 9.76. The van der Waals surface area contributed by atoms with Gasteiger partial charge >= 0.3 is 17.9 Å². The number of carbonyl (C=O) groups is 4. The molecule has 0 radical (unpaired) electrons. The minimum atomic E-state index is -2.01. The maximum Gasteiger partial charge on any atom is 0.303 e. The Labute approximate surface area is 187 Å². The molecule has 3 heterocycles. The van der Waals surface area contributed by atoms with E-state index >= 15 is 0 Å². The van der Waals surface area contributed by atoms with Crippen molar-refractivity contribution in [2.45, 2.75) is 51.6 Å². The van der Waals surface area contributed by atoms with E-state index in [1.54, 1.807) is 0 Å². The van der Waals surface area contributed by atoms with Crippen LogP contribution in [0.1, 0.15) is 33.4 Å². The minimum Gasteiger partial charge on any atom is -0.463 e. The number of ether oxygens (including phenoxy) is 4. The van der Waals surface area contributed by atoms with Gasteiger partial charge in [-0.25, -0.2) is 9.50 Å². The molecule has 0 bridgehead atoms. The molecular weight excluding hydrogens is 438 g/mol. The topological polar surface area (TPSA) is 171 Å². The molecule has 0 spiro atoms. The number of rotatable bonds is 6. The van der Waals surface area contributed by atoms with Crippen molar-refractivity contribution in [3.8, 4) is 6.07 Å². The summed E-state index contributed by atoms with van der Waals surface area (Å²) >= 11 is 0. The van der Waals surface area contributed by atoms with Crippen molar-refractivity contribution in [3.63, 3.8) is 0 Å². The third-order valence-electron chi connectivity index (χ3n) is 4.74. The summed E-state index contributed by atoms with van der Waals surface area (Å²) in [7, 11) is 0. The van der Waals surface area contributed by atoms with E-state index in [4.69, 9.17) is 18.9 Å². The fourth-order valence-corrected chi connectivity index (χ4v) is 3.62. The summed E-state index contributed by atoms with van der Waals surface area (Å²) in [6, 6.07) is 5.02. The Morgan fingerprint density at radius 3 is 2.42 bits per heavy atom. The zero-order valence-corrected chi connectivity index (χ0v) is 18.2. The van der Waals surface area contributed by atoms with E-state index in [0.29, 0.717) is 5.52 Å². The summed E-state index contributed by atoms with van der Waals surface area (Å²) in [5.74, 6) is -2.31. The average Bonchev–Trinajstić information content (AvgIpc) is 3.27. The van der Waals surface area contributed by atoms with Gasteiger partial charge in [0.05, 0.1) is 5.69 Å². The lowest BCUT2D eigenvalue weighted by atomic mass is 9.92. The van der Waals surface area contributed by atoms with Gasteiger partial charge in [-0.05, 0) is 12.1 Å². The highest BCUT2D eigenvalue weighted by Gasteiger charge is 2.62. The normalized spacial score (nSPS) is 24.0. The third-order valence-corrected chi connectivity index (χ3v) is 4.74. The van der Waals surface area contributed by atoms with Gasteiger partial charge in [0.15, 0.2) is 18.0 Å². The van der Waals surface area contributed by atoms with Crippen molar-refractivity contribution in [2.24, 2.45) is 0 Å². The van der Waals surface area contributed by atoms with Gasteiger partial charge in [-0.2, -0.15) is 10.4 Å². The number of nitriles is 1. The molecule has 1 fully saturated rings. The molecule has 1 amide bonds. The van der Waals surface area contributed by atoms with E-state index < -0.39 is 41.8 Å². The van der Waals surface area contributed by atoms with E-state index in [-0.39, 0.29) is 24.0 Å². The predicted octanol–water partition coefficient (Wildman–Crippen LogP) is 0.232. The monoisotopic (exact) mass is 459 g/mol. The zero-order chi connectivity index (χ0) is 24.3. The molecule has 0 saturated carbocycles. The van der Waals surface area contributed by atoms with E-state index in [1.807, 2.05) is 6.07 Å². The standard InChI is InChI=1S/C20H21N5O8/c1-10(26)24-19-14-5-6-16(25(14)23-9-22-19)20(8-21)18(32-13(4)29)17(31-12(3)28)15(33-20)7-30-11(2)27/h5-6,9,15,17-18H,7H2,1-4H3,(H,22,23,24,26)/t15?,17-,18-,20+/m1/s1. The molecule has 13 nitrogen and oxygen atoms in total. The number of anilines is 1. The second-order valence-electron chi connectivity index (χ2n) is 7.22. The summed E-state index contributed by atoms with van der Waals surface area (Å²) in [6.45, 7) is 4.38. The Hall–Kier alpha value is -4.05. The van der Waals surface area contributed by atoms with E-state index in [2.05, 4.69) is 15.4 Å². The van der Waals surface area contributed by atoms with Crippen LogP contribution in [-0.2, 0) is 43.7 Å². The number of hydrogen-bond donors (Lipinski definition) is 1. The molecule has 33 heavy (non-hydrogen) atoms. The number of hydrogen-bond acceptors (Lipinski definition) is 11. The van der Waals surface area contributed by atoms with Crippen molar-refractivity contribution in [2.75, 3.05) is 11.9 Å². The molecular formula is C20H21N5O8. The first kappa shape index (κ1) is 23.6. The van der Waals surface area contributed by atoms with Gasteiger partial charge in [0.25, 0.3) is 0 Å². The molecule has 2 aromatic rings. The SMILES string of the molecule is CC(=O)Nc1ncnn2c([C@]3(C#N)OC(COC(C)=O)[C@@H](OC(C)=O)[C@H]3OC(C)=O)ccc12. The molecule has 4 atom stereocenters. The zero-order valence-electron chi connectivity index (χ0n) is 18.2. The molecule has 1 saturated heterocycles. The maximum absolute atomic E-state index is 11.9. The van der Waals surface area contributed by atoms with Crippen molar-refractivity contribution in [1.82, 2.24) is 14.6 Å². The Bertz CT molecular complexity index is 1160. The molecule has 13 heteroatoms. The average molecular weight is 459 g/mol. The lowest BCUT2D eigenvalue weighted by Gasteiger charge is -2.28. The van der Waals surface area contributed by atoms with Crippen LogP contribution in [-0.4, -0.2) is 63.3 Å². The number of carbonyl (C=O) groups excluding carboxylic acids is 4. The second kappa shape index (κ2) is 9.21. The van der Waals surface area contributed by atoms with Gasteiger partial charge in [-0.3, -0.25) is 19.2 Å². The highest BCUT2D eigenvalue weighted by atomic mass is 16.7. The van der Waals surface area contributed by atoms with E-state index in [0.717, 1.165) is 20.2 Å². The summed E-state index contributed by atoms with van der Waals surface area (Å²) in [6.07, 6.45) is -2.68. The predicted molar refractivity (Wildman–Crippen MR) is 107 cm³/mol. The first-order valence-corrected chi connectivity index (χ1v) is 9.76. The van der Waals surface area contributed by atoms with Crippen LogP contribution >= 0.6 is 0 Å². The van der Waals surface area contributed by atoms with Crippen molar-refractivity contribution in [1.29, 1.82) is 5.26 Å². The largest absolute Gasteiger partial charge is 0.463 e. The highest BCUT2D eigenvalue weighted by molar-refractivity contribution is 5.91. The lowest BCUT2D eigenvalue weighted by molar-refractivity contribution is -0.167. The Morgan fingerprint density at radius 1 is 1.15 bits per heavy atom. The number of esters is 3. The van der Waals surface area contributed by atoms with Gasteiger partial charge in [-0.1, -0.05) is 0 Å². The number of amides is 1. The smallest absolute Gasteiger partial charge is 0.303 e. The van der Waals surface area contributed by atoms with E-state index in [9.17, 15) is 24.4 Å². The Balaban J connectivity index is 2.17. The fraction of sp³-hybridized carbons (Fsp3) is 0.450. The number of nitrogens with one attached hydrogen (secondary N) is 1. The number of aromatic nitrogens is 3. The van der Waals surface area contributed by atoms with Crippen LogP contribution in [0, 0.1) is 11.3 Å². The molecule has 1 unspecified atom stereocenters. The molecule has 1 aliphatic rings. The highest BCUT2D eigenvalue weighted by Crippen LogP contribution is 2.43. The van der Waals surface area contributed by atoms with E-state index in [1.165, 1.54) is 30.5 Å². The van der Waals surface area contributed by atoms with Crippen molar-refractivity contribution in [3.05, 3.63) is 24.2 Å². The number of nitrogens with zero attached hydrogens (tertiary/aromatic N) is 4. The maximum atomic E-state index is 11.9. The fourth-order valence-electron chi connectivity index (χ4n) is 3.62. The molecule has 1 aliphatic heterocycles. The Morgan fingerprint density at radius 2 is 1.85 bits per heavy atom. The van der Waals surface area contributed by atoms with Gasteiger partial charge < -0.3 is 24.3 Å². The molecule has 0 aromatic carbocycles. The van der Waals surface area contributed by atoms with Crippen LogP contribution in [0.3, 0.4) is 0 Å². The summed E-state index contributed by atoms with van der Waals surface area (Å²) < 4.78 is 23.0. The third kappa shape index (κ3) is 4.60. The van der Waals surface area contributed by atoms with Gasteiger partial charge in [-0.15, -0.1) is 0 Å². The van der Waals surface area contributed by atoms with Crippen LogP contribution in [0.5, 0.6) is 0 Å². The number of fused-ring (bicyclic) bond motifs is 1. The van der Waals surface area contributed by atoms with Gasteiger partial charge in [0, 0.05) is 27.7 Å². The van der Waals surface area contributed by atoms with Crippen LogP contribution < -0.4 is 5.32 Å². The Kier molecular flexibility index (Phi) is 6.59. The van der Waals surface area contributed by atoms with Crippen LogP contribution in [0.15, 0.2) is 18.5 Å².